The van der Waals surface area contributed by atoms with Gasteiger partial charge in [0.2, 0.25) is 0 Å². The molecule has 0 bridgehead atoms. The third kappa shape index (κ3) is 5.46. The van der Waals surface area contributed by atoms with Gasteiger partial charge in [0.05, 0.1) is 18.6 Å². The molecule has 0 atom stereocenters. The number of amides is 1. The fourth-order valence-corrected chi connectivity index (χ4v) is 3.86. The van der Waals surface area contributed by atoms with Crippen LogP contribution in [0.1, 0.15) is 12.5 Å². The Labute approximate surface area is 185 Å². The first-order valence-electron chi connectivity index (χ1n) is 9.40. The van der Waals surface area contributed by atoms with Crippen LogP contribution in [-0.2, 0) is 4.79 Å². The molecule has 6 nitrogen and oxygen atoms in total. The number of nitrogens with zero attached hydrogens (tertiary/aromatic N) is 1. The van der Waals surface area contributed by atoms with Crippen LogP contribution in [0.15, 0.2) is 47.4 Å². The molecular formula is C22H23NO5S2. The van der Waals surface area contributed by atoms with Gasteiger partial charge in [-0.3, -0.25) is 9.69 Å². The van der Waals surface area contributed by atoms with Crippen LogP contribution in [0.4, 0.5) is 0 Å². The molecule has 0 aromatic heterocycles. The Hall–Kier alpha value is -2.71. The van der Waals surface area contributed by atoms with Gasteiger partial charge >= 0.3 is 0 Å². The molecule has 8 heteroatoms. The molecule has 2 aromatic carbocycles. The summed E-state index contributed by atoms with van der Waals surface area (Å²) in [6.45, 7) is 3.16. The monoisotopic (exact) mass is 445 g/mol. The van der Waals surface area contributed by atoms with Gasteiger partial charge in [-0.2, -0.15) is 0 Å². The number of carbonyl (C=O) groups is 1. The average molecular weight is 446 g/mol. The fourth-order valence-electron chi connectivity index (χ4n) is 2.68. The number of hydrogen-bond acceptors (Lipinski definition) is 7. The van der Waals surface area contributed by atoms with E-state index in [1.165, 1.54) is 16.7 Å². The van der Waals surface area contributed by atoms with Crippen LogP contribution in [0, 0.1) is 0 Å². The molecule has 2 aromatic rings. The molecule has 158 valence electrons. The normalized spacial score (nSPS) is 14.9. The Bertz CT molecular complexity index is 943. The highest BCUT2D eigenvalue weighted by molar-refractivity contribution is 8.26. The van der Waals surface area contributed by atoms with Gasteiger partial charge in [-0.1, -0.05) is 30.0 Å². The Kier molecular flexibility index (Phi) is 7.59. The van der Waals surface area contributed by atoms with Crippen LogP contribution in [0.3, 0.4) is 0 Å². The van der Waals surface area contributed by atoms with Crippen molar-refractivity contribution in [3.05, 3.63) is 52.9 Å². The van der Waals surface area contributed by atoms with Gasteiger partial charge in [-0.05, 0) is 55.0 Å². The summed E-state index contributed by atoms with van der Waals surface area (Å²) < 4.78 is 22.9. The van der Waals surface area contributed by atoms with Crippen molar-refractivity contribution in [1.82, 2.24) is 4.90 Å². The maximum absolute atomic E-state index is 12.2. The molecule has 3 rings (SSSR count). The van der Waals surface area contributed by atoms with Crippen LogP contribution < -0.4 is 18.9 Å². The summed E-state index contributed by atoms with van der Waals surface area (Å²) in [5.74, 6) is 2.66. The topological polar surface area (TPSA) is 57.2 Å². The van der Waals surface area contributed by atoms with Crippen molar-refractivity contribution in [3.63, 3.8) is 0 Å². The smallest absolute Gasteiger partial charge is 0.265 e. The van der Waals surface area contributed by atoms with E-state index in [1.807, 2.05) is 55.5 Å². The van der Waals surface area contributed by atoms with Gasteiger partial charge in [0, 0.05) is 7.05 Å². The number of benzene rings is 2. The lowest BCUT2D eigenvalue weighted by molar-refractivity contribution is -0.121. The van der Waals surface area contributed by atoms with E-state index in [9.17, 15) is 4.79 Å². The molecule has 1 amide bonds. The van der Waals surface area contributed by atoms with Crippen LogP contribution in [0.5, 0.6) is 23.0 Å². The molecule has 0 N–H and O–H groups in total. The molecule has 1 heterocycles. The second kappa shape index (κ2) is 10.4. The Morgan fingerprint density at radius 2 is 1.70 bits per heavy atom. The van der Waals surface area contributed by atoms with Crippen LogP contribution in [0.25, 0.3) is 6.08 Å². The minimum Gasteiger partial charge on any atom is -0.497 e. The lowest BCUT2D eigenvalue weighted by atomic mass is 10.2. The Morgan fingerprint density at radius 1 is 1.00 bits per heavy atom. The zero-order valence-corrected chi connectivity index (χ0v) is 18.7. The van der Waals surface area contributed by atoms with Crippen LogP contribution in [-0.4, -0.2) is 49.1 Å². The van der Waals surface area contributed by atoms with Crippen molar-refractivity contribution in [3.8, 4) is 23.0 Å². The van der Waals surface area contributed by atoms with Crippen molar-refractivity contribution in [2.45, 2.75) is 6.92 Å². The third-order valence-corrected chi connectivity index (χ3v) is 5.71. The zero-order chi connectivity index (χ0) is 21.5. The third-order valence-electron chi connectivity index (χ3n) is 4.22. The molecule has 1 aliphatic rings. The summed E-state index contributed by atoms with van der Waals surface area (Å²) in [6, 6.07) is 12.9. The average Bonchev–Trinajstić information content (AvgIpc) is 2.99. The maximum atomic E-state index is 12.2. The molecule has 30 heavy (non-hydrogen) atoms. The number of rotatable bonds is 9. The summed E-state index contributed by atoms with van der Waals surface area (Å²) in [5, 5.41) is 0. The summed E-state index contributed by atoms with van der Waals surface area (Å²) in [7, 11) is 3.30. The number of carbonyl (C=O) groups excluding carboxylic acids is 1. The molecule has 1 saturated heterocycles. The molecule has 0 saturated carbocycles. The second-order valence-electron chi connectivity index (χ2n) is 6.25. The number of hydrogen-bond donors (Lipinski definition) is 0. The van der Waals surface area contributed by atoms with Crippen molar-refractivity contribution < 1.29 is 23.7 Å². The first kappa shape index (κ1) is 22.0. The number of ether oxygens (including phenoxy) is 4. The van der Waals surface area contributed by atoms with Crippen molar-refractivity contribution >= 4 is 40.3 Å². The van der Waals surface area contributed by atoms with Crippen molar-refractivity contribution in [1.29, 1.82) is 0 Å². The molecular weight excluding hydrogens is 422 g/mol. The predicted molar refractivity (Wildman–Crippen MR) is 123 cm³/mol. The largest absolute Gasteiger partial charge is 0.497 e. The van der Waals surface area contributed by atoms with E-state index in [0.717, 1.165) is 17.1 Å². The van der Waals surface area contributed by atoms with Gasteiger partial charge in [0.25, 0.3) is 5.91 Å². The molecule has 0 aliphatic carbocycles. The lowest BCUT2D eigenvalue weighted by Gasteiger charge is -2.13. The minimum absolute atomic E-state index is 0.0982. The molecule has 0 unspecified atom stereocenters. The van der Waals surface area contributed by atoms with E-state index in [-0.39, 0.29) is 5.91 Å². The summed E-state index contributed by atoms with van der Waals surface area (Å²) in [6.07, 6.45) is 1.81. The first-order valence-corrected chi connectivity index (χ1v) is 10.6. The summed E-state index contributed by atoms with van der Waals surface area (Å²) >= 11 is 6.46. The SMILES string of the molecule is CCOc1cc(/C=C2\SC(=S)N(C)C2=O)ccc1OCCOc1ccc(OC)cc1. The quantitative estimate of drug-likeness (QED) is 0.322. The second-order valence-corrected chi connectivity index (χ2v) is 7.93. The highest BCUT2D eigenvalue weighted by Gasteiger charge is 2.28. The fraction of sp³-hybridized carbons (Fsp3) is 0.273. The summed E-state index contributed by atoms with van der Waals surface area (Å²) in [5.41, 5.74) is 0.842. The number of thioether (sulfide) groups is 1. The number of likely N-dealkylation sites (N-methyl/N-ethyl adjacent to an activating group) is 1. The van der Waals surface area contributed by atoms with E-state index in [4.69, 9.17) is 31.2 Å². The highest BCUT2D eigenvalue weighted by atomic mass is 32.2. The minimum atomic E-state index is -0.0982. The predicted octanol–water partition coefficient (Wildman–Crippen LogP) is 4.38. The standard InChI is InChI=1S/C22H23NO5S2/c1-4-26-19-13-15(14-20-21(24)23(2)22(29)30-20)5-10-18(19)28-12-11-27-17-8-6-16(25-3)7-9-17/h5-10,13-14H,4,11-12H2,1-3H3/b20-14-. The molecule has 1 aliphatic heterocycles. The van der Waals surface area contributed by atoms with Gasteiger partial charge in [-0.25, -0.2) is 0 Å². The molecule has 1 fully saturated rings. The summed E-state index contributed by atoms with van der Waals surface area (Å²) in [4.78, 5) is 14.3. The lowest BCUT2D eigenvalue weighted by Crippen LogP contribution is -2.22. The zero-order valence-electron chi connectivity index (χ0n) is 17.0. The number of methoxy groups -OCH3 is 1. The molecule has 0 spiro atoms. The molecule has 0 radical (unpaired) electrons. The van der Waals surface area contributed by atoms with Crippen molar-refractivity contribution in [2.75, 3.05) is 34.0 Å². The van der Waals surface area contributed by atoms with E-state index in [0.29, 0.717) is 40.5 Å². The van der Waals surface area contributed by atoms with Gasteiger partial charge in [0.1, 0.15) is 29.0 Å². The van der Waals surface area contributed by atoms with E-state index >= 15 is 0 Å². The van der Waals surface area contributed by atoms with E-state index in [2.05, 4.69) is 0 Å². The van der Waals surface area contributed by atoms with E-state index in [1.54, 1.807) is 14.2 Å². The van der Waals surface area contributed by atoms with Gasteiger partial charge in [-0.15, -0.1) is 0 Å². The maximum Gasteiger partial charge on any atom is 0.265 e. The number of thiocarbonyl (C=S) groups is 1. The van der Waals surface area contributed by atoms with Gasteiger partial charge in [0.15, 0.2) is 11.5 Å². The van der Waals surface area contributed by atoms with Crippen molar-refractivity contribution in [2.24, 2.45) is 0 Å². The first-order chi connectivity index (χ1) is 14.5. The van der Waals surface area contributed by atoms with E-state index < -0.39 is 0 Å². The van der Waals surface area contributed by atoms with Crippen LogP contribution >= 0.6 is 24.0 Å². The van der Waals surface area contributed by atoms with Crippen LogP contribution in [0.2, 0.25) is 0 Å². The Morgan fingerprint density at radius 3 is 2.33 bits per heavy atom. The Balaban J connectivity index is 1.62. The van der Waals surface area contributed by atoms with Gasteiger partial charge < -0.3 is 18.9 Å². The highest BCUT2D eigenvalue weighted by Crippen LogP contribution is 2.34.